The molecule has 0 unspecified atom stereocenters. The molecule has 3 N–H and O–H groups in total. The first-order valence-corrected chi connectivity index (χ1v) is 7.32. The molecule has 4 nitrogen and oxygen atoms in total. The van der Waals surface area contributed by atoms with Crippen LogP contribution in [-0.2, 0) is 4.79 Å². The summed E-state index contributed by atoms with van der Waals surface area (Å²) in [6.07, 6.45) is 4.30. The standard InChI is InChI=1S/C17H18FN3O/c1-10(19)13-5-4-12(7-16(13)18)21-17(22)15-8-14(15)11-3-2-6-20-9-11/h2-7,9-10,14-15H,8,19H2,1H3,(H,21,22)/t10-,14+,15-/m0/s1. The van der Waals surface area contributed by atoms with Crippen LogP contribution >= 0.6 is 0 Å². The maximum absolute atomic E-state index is 13.9. The van der Waals surface area contributed by atoms with Crippen molar-refractivity contribution in [2.75, 3.05) is 5.32 Å². The van der Waals surface area contributed by atoms with E-state index in [2.05, 4.69) is 10.3 Å². The van der Waals surface area contributed by atoms with Gasteiger partial charge in [-0.2, -0.15) is 0 Å². The predicted molar refractivity (Wildman–Crippen MR) is 82.7 cm³/mol. The van der Waals surface area contributed by atoms with Gasteiger partial charge in [0, 0.05) is 35.6 Å². The zero-order valence-electron chi connectivity index (χ0n) is 12.3. The summed E-state index contributed by atoms with van der Waals surface area (Å²) in [4.78, 5) is 16.3. The summed E-state index contributed by atoms with van der Waals surface area (Å²) in [5, 5.41) is 2.77. The molecule has 2 aromatic rings. The monoisotopic (exact) mass is 299 g/mol. The number of carbonyl (C=O) groups excluding carboxylic acids is 1. The highest BCUT2D eigenvalue weighted by molar-refractivity contribution is 5.95. The van der Waals surface area contributed by atoms with Gasteiger partial charge in [-0.1, -0.05) is 12.1 Å². The molecule has 1 fully saturated rings. The van der Waals surface area contributed by atoms with Crippen molar-refractivity contribution in [3.05, 3.63) is 59.7 Å². The highest BCUT2D eigenvalue weighted by Crippen LogP contribution is 2.47. The first-order valence-electron chi connectivity index (χ1n) is 7.32. The number of carbonyl (C=O) groups is 1. The summed E-state index contributed by atoms with van der Waals surface area (Å²) in [5.41, 5.74) is 7.65. The Morgan fingerprint density at radius 2 is 2.27 bits per heavy atom. The molecule has 3 rings (SSSR count). The number of nitrogens with zero attached hydrogens (tertiary/aromatic N) is 1. The summed E-state index contributed by atoms with van der Waals surface area (Å²) in [5.74, 6) is -0.337. The largest absolute Gasteiger partial charge is 0.326 e. The number of rotatable bonds is 4. The third-order valence-electron chi connectivity index (χ3n) is 4.00. The number of benzene rings is 1. The van der Waals surface area contributed by atoms with Crippen LogP contribution in [0.3, 0.4) is 0 Å². The average molecular weight is 299 g/mol. The molecule has 114 valence electrons. The molecular formula is C17H18FN3O. The lowest BCUT2D eigenvalue weighted by Crippen LogP contribution is -2.15. The van der Waals surface area contributed by atoms with E-state index in [0.717, 1.165) is 12.0 Å². The maximum atomic E-state index is 13.9. The number of amides is 1. The topological polar surface area (TPSA) is 68.0 Å². The Morgan fingerprint density at radius 1 is 1.45 bits per heavy atom. The third kappa shape index (κ3) is 2.99. The Balaban J connectivity index is 1.65. The normalized spacial score (nSPS) is 21.2. The number of pyridine rings is 1. The van der Waals surface area contributed by atoms with E-state index in [1.165, 1.54) is 6.07 Å². The van der Waals surface area contributed by atoms with Gasteiger partial charge in [-0.05, 0) is 43.0 Å². The molecule has 0 saturated heterocycles. The molecule has 0 radical (unpaired) electrons. The van der Waals surface area contributed by atoms with Gasteiger partial charge in [-0.25, -0.2) is 4.39 Å². The molecular weight excluding hydrogens is 281 g/mol. The number of halogens is 1. The summed E-state index contributed by atoms with van der Waals surface area (Å²) in [7, 11) is 0. The van der Waals surface area contributed by atoms with Crippen molar-refractivity contribution in [1.29, 1.82) is 0 Å². The molecule has 3 atom stereocenters. The minimum absolute atomic E-state index is 0.0691. The maximum Gasteiger partial charge on any atom is 0.228 e. The fraction of sp³-hybridized carbons (Fsp3) is 0.294. The van der Waals surface area contributed by atoms with Crippen LogP contribution in [0.1, 0.15) is 36.4 Å². The van der Waals surface area contributed by atoms with Gasteiger partial charge in [0.1, 0.15) is 5.82 Å². The molecule has 1 aromatic carbocycles. The molecule has 1 aliphatic rings. The fourth-order valence-electron chi connectivity index (χ4n) is 2.66. The van der Waals surface area contributed by atoms with Gasteiger partial charge in [-0.3, -0.25) is 9.78 Å². The van der Waals surface area contributed by atoms with Gasteiger partial charge >= 0.3 is 0 Å². The molecule has 1 amide bonds. The molecule has 0 aliphatic heterocycles. The lowest BCUT2D eigenvalue weighted by Gasteiger charge is -2.10. The minimum Gasteiger partial charge on any atom is -0.326 e. The number of aromatic nitrogens is 1. The van der Waals surface area contributed by atoms with Crippen molar-refractivity contribution in [1.82, 2.24) is 4.98 Å². The Morgan fingerprint density at radius 3 is 2.91 bits per heavy atom. The van der Waals surface area contributed by atoms with E-state index >= 15 is 0 Å². The highest BCUT2D eigenvalue weighted by Gasteiger charge is 2.44. The Labute approximate surface area is 128 Å². The van der Waals surface area contributed by atoms with Gasteiger partial charge in [0.05, 0.1) is 0 Å². The van der Waals surface area contributed by atoms with Gasteiger partial charge < -0.3 is 11.1 Å². The lowest BCUT2D eigenvalue weighted by molar-refractivity contribution is -0.117. The first-order chi connectivity index (χ1) is 10.6. The van der Waals surface area contributed by atoms with E-state index in [4.69, 9.17) is 5.73 Å². The Kier molecular flexibility index (Phi) is 3.90. The van der Waals surface area contributed by atoms with E-state index in [9.17, 15) is 9.18 Å². The van der Waals surface area contributed by atoms with E-state index in [-0.39, 0.29) is 23.8 Å². The molecule has 22 heavy (non-hydrogen) atoms. The highest BCUT2D eigenvalue weighted by atomic mass is 19.1. The quantitative estimate of drug-likeness (QED) is 0.912. The van der Waals surface area contributed by atoms with Crippen LogP contribution in [0, 0.1) is 11.7 Å². The Bertz CT molecular complexity index is 688. The van der Waals surface area contributed by atoms with E-state index in [1.807, 2.05) is 12.1 Å². The third-order valence-corrected chi connectivity index (χ3v) is 4.00. The molecule has 1 saturated carbocycles. The van der Waals surface area contributed by atoms with Crippen LogP contribution < -0.4 is 11.1 Å². The van der Waals surface area contributed by atoms with Crippen LogP contribution in [0.25, 0.3) is 0 Å². The van der Waals surface area contributed by atoms with E-state index in [0.29, 0.717) is 11.3 Å². The number of hydrogen-bond acceptors (Lipinski definition) is 3. The number of hydrogen-bond donors (Lipinski definition) is 2. The summed E-state index contributed by atoms with van der Waals surface area (Å²) >= 11 is 0. The number of anilines is 1. The smallest absolute Gasteiger partial charge is 0.228 e. The van der Waals surface area contributed by atoms with Gasteiger partial charge in [-0.15, -0.1) is 0 Å². The van der Waals surface area contributed by atoms with E-state index in [1.54, 1.807) is 31.5 Å². The minimum atomic E-state index is -0.396. The molecule has 0 spiro atoms. The van der Waals surface area contributed by atoms with Crippen molar-refractivity contribution < 1.29 is 9.18 Å². The van der Waals surface area contributed by atoms with Crippen LogP contribution in [0.5, 0.6) is 0 Å². The van der Waals surface area contributed by atoms with Crippen molar-refractivity contribution >= 4 is 11.6 Å². The lowest BCUT2D eigenvalue weighted by atomic mass is 10.1. The predicted octanol–water partition coefficient (Wildman–Crippen LogP) is 2.98. The van der Waals surface area contributed by atoms with Crippen LogP contribution in [-0.4, -0.2) is 10.9 Å². The number of nitrogens with two attached hydrogens (primary N) is 1. The Hall–Kier alpha value is -2.27. The average Bonchev–Trinajstić information content (AvgIpc) is 3.28. The summed E-state index contributed by atoms with van der Waals surface area (Å²) in [6.45, 7) is 1.72. The van der Waals surface area contributed by atoms with Crippen molar-refractivity contribution in [3.63, 3.8) is 0 Å². The van der Waals surface area contributed by atoms with Gasteiger partial charge in [0.2, 0.25) is 5.91 Å². The fourth-order valence-corrected chi connectivity index (χ4v) is 2.66. The second-order valence-corrected chi connectivity index (χ2v) is 5.75. The van der Waals surface area contributed by atoms with Crippen molar-refractivity contribution in [2.24, 2.45) is 11.7 Å². The molecule has 5 heteroatoms. The molecule has 0 bridgehead atoms. The van der Waals surface area contributed by atoms with Crippen molar-refractivity contribution in [2.45, 2.75) is 25.3 Å². The van der Waals surface area contributed by atoms with Gasteiger partial charge in [0.25, 0.3) is 0 Å². The summed E-state index contributed by atoms with van der Waals surface area (Å²) in [6, 6.07) is 8.08. The molecule has 1 heterocycles. The SMILES string of the molecule is C[C@H](N)c1ccc(NC(=O)[C@H]2C[C@@H]2c2cccnc2)cc1F. The van der Waals surface area contributed by atoms with Crippen LogP contribution in [0.4, 0.5) is 10.1 Å². The first kappa shape index (κ1) is 14.7. The molecule has 1 aliphatic carbocycles. The van der Waals surface area contributed by atoms with Crippen LogP contribution in [0.15, 0.2) is 42.7 Å². The van der Waals surface area contributed by atoms with Crippen molar-refractivity contribution in [3.8, 4) is 0 Å². The second kappa shape index (κ2) is 5.85. The molecule has 1 aromatic heterocycles. The zero-order chi connectivity index (χ0) is 15.7. The van der Waals surface area contributed by atoms with Crippen LogP contribution in [0.2, 0.25) is 0 Å². The van der Waals surface area contributed by atoms with Gasteiger partial charge in [0.15, 0.2) is 0 Å². The summed E-state index contributed by atoms with van der Waals surface area (Å²) < 4.78 is 13.9. The van der Waals surface area contributed by atoms with E-state index < -0.39 is 5.82 Å². The second-order valence-electron chi connectivity index (χ2n) is 5.75. The zero-order valence-corrected chi connectivity index (χ0v) is 12.3. The number of nitrogens with one attached hydrogen (secondary N) is 1.